The van der Waals surface area contributed by atoms with Gasteiger partial charge in [0, 0.05) is 26.7 Å². The molecule has 0 unspecified atom stereocenters. The quantitative estimate of drug-likeness (QED) is 0.412. The molecule has 0 saturated carbocycles. The smallest absolute Gasteiger partial charge is 0.321 e. The average Bonchev–Trinajstić information content (AvgIpc) is 2.34. The molecule has 0 amide bonds. The normalized spacial score (nSPS) is 10.9. The standard InChI is InChI=1S/C15H31NO3/c1-14(2)10-7-5-4-6-8-12-18-13-9-11-16-19-15(3)17/h14,16H,4-13H2,1-3H3. The number of unbranched alkanes of at least 4 members (excludes halogenated alkanes) is 4. The predicted octanol–water partition coefficient (Wildman–Crippen LogP) is 3.46. The van der Waals surface area contributed by atoms with Crippen LogP contribution in [0.15, 0.2) is 0 Å². The predicted molar refractivity (Wildman–Crippen MR) is 77.7 cm³/mol. The monoisotopic (exact) mass is 273 g/mol. The Bertz CT molecular complexity index is 208. The van der Waals surface area contributed by atoms with Gasteiger partial charge in [0.05, 0.1) is 0 Å². The number of hydrogen-bond acceptors (Lipinski definition) is 4. The van der Waals surface area contributed by atoms with Gasteiger partial charge in [-0.2, -0.15) is 5.48 Å². The van der Waals surface area contributed by atoms with E-state index in [0.717, 1.165) is 32.0 Å². The van der Waals surface area contributed by atoms with E-state index in [9.17, 15) is 4.79 Å². The molecule has 0 saturated heterocycles. The Balaban J connectivity index is 2.97. The van der Waals surface area contributed by atoms with Gasteiger partial charge in [0.25, 0.3) is 0 Å². The van der Waals surface area contributed by atoms with Gasteiger partial charge in [-0.3, -0.25) is 4.79 Å². The zero-order valence-corrected chi connectivity index (χ0v) is 12.9. The first-order valence-electron chi connectivity index (χ1n) is 7.61. The number of nitrogens with one attached hydrogen (secondary N) is 1. The van der Waals surface area contributed by atoms with Crippen LogP contribution in [0.4, 0.5) is 0 Å². The molecule has 0 aromatic carbocycles. The van der Waals surface area contributed by atoms with Gasteiger partial charge in [0.2, 0.25) is 0 Å². The van der Waals surface area contributed by atoms with Crippen LogP contribution in [-0.2, 0) is 14.4 Å². The summed E-state index contributed by atoms with van der Waals surface area (Å²) in [6.07, 6.45) is 8.67. The maximum Gasteiger partial charge on any atom is 0.321 e. The molecule has 0 heterocycles. The first-order valence-corrected chi connectivity index (χ1v) is 7.61. The van der Waals surface area contributed by atoms with Crippen LogP contribution in [0.3, 0.4) is 0 Å². The van der Waals surface area contributed by atoms with Gasteiger partial charge in [-0.25, -0.2) is 0 Å². The van der Waals surface area contributed by atoms with E-state index in [4.69, 9.17) is 4.74 Å². The van der Waals surface area contributed by atoms with Crippen molar-refractivity contribution in [1.82, 2.24) is 5.48 Å². The van der Waals surface area contributed by atoms with Gasteiger partial charge in [-0.1, -0.05) is 46.0 Å². The highest BCUT2D eigenvalue weighted by atomic mass is 16.7. The molecule has 0 atom stereocenters. The zero-order chi connectivity index (χ0) is 14.3. The lowest BCUT2D eigenvalue weighted by atomic mass is 10.0. The molecule has 0 fully saturated rings. The second kappa shape index (κ2) is 13.8. The molecule has 0 aliphatic carbocycles. The van der Waals surface area contributed by atoms with Crippen LogP contribution in [0.2, 0.25) is 0 Å². The molecule has 0 bridgehead atoms. The first kappa shape index (κ1) is 18.4. The lowest BCUT2D eigenvalue weighted by Gasteiger charge is -2.06. The molecule has 4 nitrogen and oxygen atoms in total. The van der Waals surface area contributed by atoms with Crippen molar-refractivity contribution in [3.05, 3.63) is 0 Å². The van der Waals surface area contributed by atoms with E-state index in [1.54, 1.807) is 0 Å². The van der Waals surface area contributed by atoms with Crippen molar-refractivity contribution in [2.75, 3.05) is 19.8 Å². The van der Waals surface area contributed by atoms with Gasteiger partial charge >= 0.3 is 5.97 Å². The fraction of sp³-hybridized carbons (Fsp3) is 0.933. The van der Waals surface area contributed by atoms with E-state index >= 15 is 0 Å². The Hall–Kier alpha value is -0.610. The number of carbonyl (C=O) groups excluding carboxylic acids is 1. The topological polar surface area (TPSA) is 47.6 Å². The Labute approximate surface area is 118 Å². The van der Waals surface area contributed by atoms with Crippen molar-refractivity contribution < 1.29 is 14.4 Å². The fourth-order valence-corrected chi connectivity index (χ4v) is 1.79. The van der Waals surface area contributed by atoms with Gasteiger partial charge < -0.3 is 9.57 Å². The van der Waals surface area contributed by atoms with Crippen molar-refractivity contribution in [2.24, 2.45) is 5.92 Å². The van der Waals surface area contributed by atoms with Crippen LogP contribution in [0, 0.1) is 5.92 Å². The van der Waals surface area contributed by atoms with Crippen molar-refractivity contribution in [3.63, 3.8) is 0 Å². The minimum atomic E-state index is -0.307. The van der Waals surface area contributed by atoms with Crippen molar-refractivity contribution in [1.29, 1.82) is 0 Å². The van der Waals surface area contributed by atoms with Crippen molar-refractivity contribution in [3.8, 4) is 0 Å². The van der Waals surface area contributed by atoms with Crippen molar-refractivity contribution >= 4 is 5.97 Å². The van der Waals surface area contributed by atoms with E-state index in [2.05, 4.69) is 24.2 Å². The molecule has 19 heavy (non-hydrogen) atoms. The minimum absolute atomic E-state index is 0.307. The van der Waals surface area contributed by atoms with E-state index in [-0.39, 0.29) is 5.97 Å². The summed E-state index contributed by atoms with van der Waals surface area (Å²) in [6.45, 7) is 8.16. The highest BCUT2D eigenvalue weighted by Crippen LogP contribution is 2.10. The fourth-order valence-electron chi connectivity index (χ4n) is 1.79. The average molecular weight is 273 g/mol. The molecular weight excluding hydrogens is 242 g/mol. The van der Waals surface area contributed by atoms with E-state index < -0.39 is 0 Å². The zero-order valence-electron chi connectivity index (χ0n) is 12.9. The molecule has 0 aromatic heterocycles. The maximum absolute atomic E-state index is 10.4. The lowest BCUT2D eigenvalue weighted by Crippen LogP contribution is -2.20. The first-order chi connectivity index (χ1) is 9.13. The second-order valence-corrected chi connectivity index (χ2v) is 5.40. The molecule has 0 aromatic rings. The van der Waals surface area contributed by atoms with Crippen LogP contribution in [-0.4, -0.2) is 25.7 Å². The number of hydroxylamine groups is 1. The molecule has 1 N–H and O–H groups in total. The summed E-state index contributed by atoms with van der Waals surface area (Å²) >= 11 is 0. The molecular formula is C15H31NO3. The lowest BCUT2D eigenvalue weighted by molar-refractivity contribution is -0.148. The summed E-state index contributed by atoms with van der Waals surface area (Å²) in [6, 6.07) is 0. The number of rotatable bonds is 13. The summed E-state index contributed by atoms with van der Waals surface area (Å²) in [5.41, 5.74) is 2.59. The second-order valence-electron chi connectivity index (χ2n) is 5.40. The molecule has 0 spiro atoms. The number of hydrogen-bond donors (Lipinski definition) is 1. The van der Waals surface area contributed by atoms with Crippen LogP contribution in [0.5, 0.6) is 0 Å². The number of ether oxygens (including phenoxy) is 1. The van der Waals surface area contributed by atoms with E-state index in [1.807, 2.05) is 0 Å². The van der Waals surface area contributed by atoms with Crippen LogP contribution < -0.4 is 5.48 Å². The molecule has 0 aliphatic heterocycles. The Kier molecular flexibility index (Phi) is 13.4. The van der Waals surface area contributed by atoms with Gasteiger partial charge in [-0.15, -0.1) is 0 Å². The summed E-state index contributed by atoms with van der Waals surface area (Å²) in [5, 5.41) is 0. The Morgan fingerprint density at radius 2 is 1.63 bits per heavy atom. The Morgan fingerprint density at radius 3 is 2.32 bits per heavy atom. The number of carbonyl (C=O) groups is 1. The SMILES string of the molecule is CC(=O)ONCCCOCCCCCCCC(C)C. The summed E-state index contributed by atoms with van der Waals surface area (Å²) < 4.78 is 5.50. The van der Waals surface area contributed by atoms with Gasteiger partial charge in [0.1, 0.15) is 0 Å². The van der Waals surface area contributed by atoms with Crippen LogP contribution in [0.25, 0.3) is 0 Å². The van der Waals surface area contributed by atoms with Gasteiger partial charge in [-0.05, 0) is 18.8 Å². The van der Waals surface area contributed by atoms with E-state index in [0.29, 0.717) is 6.54 Å². The van der Waals surface area contributed by atoms with Crippen LogP contribution >= 0.6 is 0 Å². The Morgan fingerprint density at radius 1 is 1.00 bits per heavy atom. The highest BCUT2D eigenvalue weighted by molar-refractivity contribution is 5.65. The highest BCUT2D eigenvalue weighted by Gasteiger charge is 1.95. The molecule has 0 radical (unpaired) electrons. The van der Waals surface area contributed by atoms with E-state index in [1.165, 1.54) is 39.0 Å². The molecule has 4 heteroatoms. The summed E-state index contributed by atoms with van der Waals surface area (Å²) in [5.74, 6) is 0.530. The molecule has 0 rings (SSSR count). The molecule has 0 aliphatic rings. The maximum atomic E-state index is 10.4. The third-order valence-electron chi connectivity index (χ3n) is 2.85. The van der Waals surface area contributed by atoms with Crippen molar-refractivity contribution in [2.45, 2.75) is 65.7 Å². The largest absolute Gasteiger partial charge is 0.381 e. The molecule has 114 valence electrons. The van der Waals surface area contributed by atoms with Crippen LogP contribution in [0.1, 0.15) is 65.7 Å². The minimum Gasteiger partial charge on any atom is -0.381 e. The van der Waals surface area contributed by atoms with Gasteiger partial charge in [0.15, 0.2) is 0 Å². The third-order valence-corrected chi connectivity index (χ3v) is 2.85. The summed E-state index contributed by atoms with van der Waals surface area (Å²) in [7, 11) is 0. The third kappa shape index (κ3) is 17.4. The summed E-state index contributed by atoms with van der Waals surface area (Å²) in [4.78, 5) is 15.0.